The normalized spacial score (nSPS) is 11.1. The van der Waals surface area contributed by atoms with Gasteiger partial charge >= 0.3 is 5.69 Å². The highest BCUT2D eigenvalue weighted by atomic mass is 35.5. The summed E-state index contributed by atoms with van der Waals surface area (Å²) in [6.45, 7) is 0.544. The van der Waals surface area contributed by atoms with Gasteiger partial charge in [-0.1, -0.05) is 60.1 Å². The van der Waals surface area contributed by atoms with Crippen molar-refractivity contribution in [2.45, 2.75) is 6.54 Å². The summed E-state index contributed by atoms with van der Waals surface area (Å²) in [7, 11) is 0. The molecular weight excluding hydrogens is 396 g/mol. The Bertz CT molecular complexity index is 1340. The van der Waals surface area contributed by atoms with Crippen molar-refractivity contribution in [2.75, 3.05) is 0 Å². The second kappa shape index (κ2) is 7.61. The molecule has 30 heavy (non-hydrogen) atoms. The molecule has 6 heteroatoms. The fourth-order valence-corrected chi connectivity index (χ4v) is 3.71. The van der Waals surface area contributed by atoms with Crippen LogP contribution in [0.5, 0.6) is 0 Å². The second-order valence-electron chi connectivity index (χ2n) is 6.98. The lowest BCUT2D eigenvalue weighted by atomic mass is 10.1. The molecule has 2 aliphatic rings. The molecule has 0 spiro atoms. The minimum Gasteiger partial charge on any atom is -0.327 e. The fraction of sp³-hybridized carbons (Fsp3) is 0.0417. The maximum Gasteiger partial charge on any atom is 0.354 e. The molecular formula is C24H17ClN4O. The van der Waals surface area contributed by atoms with E-state index in [1.165, 1.54) is 0 Å². The Hall–Kier alpha value is -3.70. The zero-order chi connectivity index (χ0) is 20.5. The van der Waals surface area contributed by atoms with Crippen LogP contribution < -0.4 is 5.69 Å². The highest BCUT2D eigenvalue weighted by molar-refractivity contribution is 6.29. The van der Waals surface area contributed by atoms with Gasteiger partial charge in [-0.3, -0.25) is 4.57 Å². The molecule has 0 N–H and O–H groups in total. The molecule has 0 amide bonds. The van der Waals surface area contributed by atoms with E-state index in [0.717, 1.165) is 28.1 Å². The van der Waals surface area contributed by atoms with E-state index in [1.54, 1.807) is 16.8 Å². The molecule has 5 nitrogen and oxygen atoms in total. The van der Waals surface area contributed by atoms with Gasteiger partial charge in [0, 0.05) is 12.4 Å². The Balaban J connectivity index is 1.56. The largest absolute Gasteiger partial charge is 0.354 e. The number of rotatable bonds is 4. The maximum atomic E-state index is 12.8. The number of benzene rings is 2. The van der Waals surface area contributed by atoms with Crippen molar-refractivity contribution in [1.29, 1.82) is 0 Å². The topological polar surface area (TPSA) is 52.7 Å². The van der Waals surface area contributed by atoms with Crippen LogP contribution in [0.1, 0.15) is 5.56 Å². The van der Waals surface area contributed by atoms with Gasteiger partial charge < -0.3 is 4.57 Å². The Morgan fingerprint density at radius 3 is 2.50 bits per heavy atom. The highest BCUT2D eigenvalue weighted by Gasteiger charge is 2.19. The minimum atomic E-state index is -0.301. The second-order valence-corrected chi connectivity index (χ2v) is 7.37. The first-order valence-corrected chi connectivity index (χ1v) is 9.91. The van der Waals surface area contributed by atoms with Gasteiger partial charge in [-0.25, -0.2) is 9.78 Å². The third kappa shape index (κ3) is 3.40. The fourth-order valence-electron chi connectivity index (χ4n) is 3.60. The molecule has 1 aromatic heterocycles. The lowest BCUT2D eigenvalue weighted by Crippen LogP contribution is -2.14. The monoisotopic (exact) mass is 412 g/mol. The van der Waals surface area contributed by atoms with Crippen LogP contribution in [0.25, 0.3) is 28.3 Å². The van der Waals surface area contributed by atoms with E-state index in [-0.39, 0.29) is 5.69 Å². The molecule has 0 aliphatic carbocycles. The Morgan fingerprint density at radius 2 is 1.70 bits per heavy atom. The number of hydrogen-bond donors (Lipinski definition) is 0. The van der Waals surface area contributed by atoms with E-state index >= 15 is 0 Å². The van der Waals surface area contributed by atoms with E-state index in [4.69, 9.17) is 11.6 Å². The highest BCUT2D eigenvalue weighted by Crippen LogP contribution is 2.26. The number of hydrogen-bond acceptors (Lipinski definition) is 3. The summed E-state index contributed by atoms with van der Waals surface area (Å²) in [5.74, 6) is 0.627. The average Bonchev–Trinajstić information content (AvgIpc) is 3.13. The van der Waals surface area contributed by atoms with Gasteiger partial charge in [0.1, 0.15) is 5.15 Å². The summed E-state index contributed by atoms with van der Waals surface area (Å²) in [6.07, 6.45) is 3.64. The predicted molar refractivity (Wildman–Crippen MR) is 118 cm³/mol. The first-order valence-electron chi connectivity index (χ1n) is 9.53. The van der Waals surface area contributed by atoms with Gasteiger partial charge in [0.2, 0.25) is 0 Å². The lowest BCUT2D eigenvalue weighted by Gasteiger charge is -2.13. The standard InChI is InChI=1S/C24H17ClN4O/c25-22-12-11-17(15-26-22)16-28-13-5-10-21-23(28)27-24(30)29(21)20-9-4-8-19(14-20)18-6-2-1-3-7-18/h1-15H,16H2. The third-order valence-corrected chi connectivity index (χ3v) is 5.23. The minimum absolute atomic E-state index is 0.301. The molecule has 0 bridgehead atoms. The predicted octanol–water partition coefficient (Wildman–Crippen LogP) is 4.90. The van der Waals surface area contributed by atoms with E-state index in [1.807, 2.05) is 71.4 Å². The van der Waals surface area contributed by atoms with E-state index in [2.05, 4.69) is 22.1 Å². The van der Waals surface area contributed by atoms with Crippen LogP contribution in [0.15, 0.2) is 96.1 Å². The van der Waals surface area contributed by atoms with Crippen LogP contribution >= 0.6 is 11.6 Å². The molecule has 0 fully saturated rings. The summed E-state index contributed by atoms with van der Waals surface area (Å²) in [5.41, 5.74) is 4.37. The van der Waals surface area contributed by atoms with Crippen LogP contribution in [-0.2, 0) is 6.54 Å². The van der Waals surface area contributed by atoms with Crippen LogP contribution in [0.3, 0.4) is 0 Å². The van der Waals surface area contributed by atoms with Gasteiger partial charge in [0.25, 0.3) is 0 Å². The number of imidazole rings is 1. The third-order valence-electron chi connectivity index (χ3n) is 5.01. The van der Waals surface area contributed by atoms with Gasteiger partial charge in [-0.2, -0.15) is 4.98 Å². The maximum absolute atomic E-state index is 12.8. The molecule has 5 rings (SSSR count). The van der Waals surface area contributed by atoms with Crippen molar-refractivity contribution in [1.82, 2.24) is 19.1 Å². The first kappa shape index (κ1) is 18.3. The molecule has 0 saturated heterocycles. The van der Waals surface area contributed by atoms with Crippen molar-refractivity contribution >= 4 is 11.6 Å². The first-order chi connectivity index (χ1) is 14.7. The van der Waals surface area contributed by atoms with E-state index < -0.39 is 0 Å². The van der Waals surface area contributed by atoms with Crippen molar-refractivity contribution < 1.29 is 0 Å². The number of fused-ring (bicyclic) bond motifs is 1. The van der Waals surface area contributed by atoms with E-state index in [0.29, 0.717) is 17.5 Å². The molecule has 3 aromatic rings. The molecule has 3 heterocycles. The summed E-state index contributed by atoms with van der Waals surface area (Å²) < 4.78 is 3.59. The van der Waals surface area contributed by atoms with E-state index in [9.17, 15) is 4.79 Å². The number of halogens is 1. The summed E-state index contributed by atoms with van der Waals surface area (Å²) in [4.78, 5) is 21.3. The van der Waals surface area contributed by atoms with Crippen molar-refractivity contribution in [3.8, 4) is 28.3 Å². The molecule has 0 unspecified atom stereocenters. The zero-order valence-corrected chi connectivity index (χ0v) is 16.7. The molecule has 2 aliphatic heterocycles. The Kier molecular flexibility index (Phi) is 4.65. The summed E-state index contributed by atoms with van der Waals surface area (Å²) in [6, 6.07) is 25.5. The Morgan fingerprint density at radius 1 is 0.867 bits per heavy atom. The van der Waals surface area contributed by atoms with Crippen LogP contribution in [0.2, 0.25) is 5.15 Å². The van der Waals surface area contributed by atoms with Gasteiger partial charge in [-0.15, -0.1) is 0 Å². The summed E-state index contributed by atoms with van der Waals surface area (Å²) >= 11 is 5.88. The smallest absolute Gasteiger partial charge is 0.327 e. The van der Waals surface area contributed by atoms with Crippen LogP contribution in [-0.4, -0.2) is 19.1 Å². The molecule has 146 valence electrons. The molecule has 0 atom stereocenters. The van der Waals surface area contributed by atoms with Gasteiger partial charge in [-0.05, 0) is 47.0 Å². The molecule has 0 saturated carbocycles. The quantitative estimate of drug-likeness (QED) is 0.394. The number of aromatic nitrogens is 4. The molecule has 0 radical (unpaired) electrons. The number of nitrogens with zero attached hydrogens (tertiary/aromatic N) is 4. The van der Waals surface area contributed by atoms with Crippen LogP contribution in [0.4, 0.5) is 0 Å². The zero-order valence-electron chi connectivity index (χ0n) is 15.9. The molecule has 2 aromatic carbocycles. The average molecular weight is 413 g/mol. The van der Waals surface area contributed by atoms with Crippen LogP contribution in [0, 0.1) is 0 Å². The van der Waals surface area contributed by atoms with Crippen molar-refractivity contribution in [3.05, 3.63) is 112 Å². The lowest BCUT2D eigenvalue weighted by molar-refractivity contribution is 0.779. The van der Waals surface area contributed by atoms with Gasteiger partial charge in [0.15, 0.2) is 5.82 Å². The SMILES string of the molecule is O=c1nc2n(Cc3ccc(Cl)nc3)cccc-2n1-c1cccc(-c2ccccc2)c1. The van der Waals surface area contributed by atoms with Crippen molar-refractivity contribution in [2.24, 2.45) is 0 Å². The number of pyridine rings is 2. The van der Waals surface area contributed by atoms with Gasteiger partial charge in [0.05, 0.1) is 17.9 Å². The summed E-state index contributed by atoms with van der Waals surface area (Å²) in [5, 5.41) is 0.450. The Labute approximate surface area is 178 Å². The van der Waals surface area contributed by atoms with Crippen molar-refractivity contribution in [3.63, 3.8) is 0 Å².